The van der Waals surface area contributed by atoms with E-state index in [9.17, 15) is 14.7 Å². The Bertz CT molecular complexity index is 330. The first-order chi connectivity index (χ1) is 7.70. The highest BCUT2D eigenvalue weighted by molar-refractivity contribution is 5.87. The van der Waals surface area contributed by atoms with Crippen molar-refractivity contribution in [3.05, 3.63) is 24.8 Å². The third kappa shape index (κ3) is 5.31. The Morgan fingerprint density at radius 1 is 1.53 bits per heavy atom. The third-order valence-corrected chi connectivity index (χ3v) is 2.18. The maximum atomic E-state index is 11.2. The highest BCUT2D eigenvalue weighted by Gasteiger charge is 2.33. The van der Waals surface area contributed by atoms with Crippen LogP contribution < -0.4 is 0 Å². The number of esters is 2. The van der Waals surface area contributed by atoms with Gasteiger partial charge in [0.2, 0.25) is 0 Å². The Hall–Kier alpha value is -1.62. The predicted molar refractivity (Wildman–Crippen MR) is 62.1 cm³/mol. The summed E-state index contributed by atoms with van der Waals surface area (Å²) >= 11 is 0. The van der Waals surface area contributed by atoms with Crippen LogP contribution in [0.1, 0.15) is 20.8 Å². The van der Waals surface area contributed by atoms with Crippen LogP contribution in [0.4, 0.5) is 0 Å². The van der Waals surface area contributed by atoms with Crippen molar-refractivity contribution in [2.24, 2.45) is 0 Å². The second-order valence-corrected chi connectivity index (χ2v) is 4.00. The summed E-state index contributed by atoms with van der Waals surface area (Å²) < 4.78 is 9.64. The van der Waals surface area contributed by atoms with Crippen LogP contribution in [-0.4, -0.2) is 35.4 Å². The zero-order valence-corrected chi connectivity index (χ0v) is 10.4. The van der Waals surface area contributed by atoms with Gasteiger partial charge in [0.1, 0.15) is 18.3 Å². The van der Waals surface area contributed by atoms with E-state index in [-0.39, 0.29) is 12.2 Å². The minimum absolute atomic E-state index is 0.232. The molecule has 1 N–H and O–H groups in total. The fraction of sp³-hybridized carbons (Fsp3) is 0.500. The molecule has 0 rings (SSSR count). The van der Waals surface area contributed by atoms with E-state index in [2.05, 4.69) is 13.2 Å². The molecule has 0 saturated heterocycles. The molecule has 0 fully saturated rings. The van der Waals surface area contributed by atoms with E-state index in [4.69, 9.17) is 9.47 Å². The normalized spacial score (nSPS) is 15.3. The molecule has 0 heterocycles. The van der Waals surface area contributed by atoms with Crippen molar-refractivity contribution in [3.8, 4) is 0 Å². The fourth-order valence-electron chi connectivity index (χ4n) is 0.782. The van der Waals surface area contributed by atoms with Crippen LogP contribution in [0.15, 0.2) is 24.8 Å². The molecule has 5 nitrogen and oxygen atoms in total. The van der Waals surface area contributed by atoms with Gasteiger partial charge in [0, 0.05) is 11.6 Å². The summed E-state index contributed by atoms with van der Waals surface area (Å²) in [6.07, 6.45) is 0.157. The van der Waals surface area contributed by atoms with Gasteiger partial charge in [-0.3, -0.25) is 0 Å². The lowest BCUT2D eigenvalue weighted by molar-refractivity contribution is -0.167. The van der Waals surface area contributed by atoms with Crippen LogP contribution in [0.3, 0.4) is 0 Å². The lowest BCUT2D eigenvalue weighted by Crippen LogP contribution is -2.45. The van der Waals surface area contributed by atoms with Gasteiger partial charge < -0.3 is 14.6 Å². The molecule has 0 saturated carbocycles. The van der Waals surface area contributed by atoms with Crippen LogP contribution in [0, 0.1) is 0 Å². The molecule has 96 valence electrons. The number of carbonyl (C=O) groups excluding carboxylic acids is 2. The van der Waals surface area contributed by atoms with Crippen LogP contribution in [-0.2, 0) is 19.1 Å². The van der Waals surface area contributed by atoms with Crippen molar-refractivity contribution < 1.29 is 24.2 Å². The molecule has 0 spiro atoms. The summed E-state index contributed by atoms with van der Waals surface area (Å²) in [7, 11) is 0. The maximum absolute atomic E-state index is 11.2. The number of hydrogen-bond acceptors (Lipinski definition) is 5. The summed E-state index contributed by atoms with van der Waals surface area (Å²) in [6, 6.07) is 0. The van der Waals surface area contributed by atoms with E-state index in [0.29, 0.717) is 0 Å². The summed E-state index contributed by atoms with van der Waals surface area (Å²) in [6.45, 7) is 10.8. The smallest absolute Gasteiger partial charge is 0.333 e. The monoisotopic (exact) mass is 242 g/mol. The Labute approximate surface area is 101 Å². The highest BCUT2D eigenvalue weighted by atomic mass is 16.6. The zero-order valence-electron chi connectivity index (χ0n) is 10.4. The van der Waals surface area contributed by atoms with E-state index < -0.39 is 23.6 Å². The average molecular weight is 242 g/mol. The molecule has 0 aromatic rings. The van der Waals surface area contributed by atoms with Gasteiger partial charge in [-0.15, -0.1) is 0 Å². The quantitative estimate of drug-likeness (QED) is 0.555. The topological polar surface area (TPSA) is 72.8 Å². The Balaban J connectivity index is 4.38. The molecule has 2 atom stereocenters. The van der Waals surface area contributed by atoms with Gasteiger partial charge in [0.25, 0.3) is 0 Å². The van der Waals surface area contributed by atoms with E-state index in [0.717, 1.165) is 6.08 Å². The van der Waals surface area contributed by atoms with E-state index in [1.54, 1.807) is 0 Å². The number of hydrogen-bond donors (Lipinski definition) is 1. The van der Waals surface area contributed by atoms with Crippen molar-refractivity contribution in [2.75, 3.05) is 6.61 Å². The van der Waals surface area contributed by atoms with Gasteiger partial charge in [-0.05, 0) is 20.8 Å². The predicted octanol–water partition coefficient (Wildman–Crippen LogP) is 0.974. The van der Waals surface area contributed by atoms with Gasteiger partial charge in [-0.2, -0.15) is 0 Å². The molecule has 0 amide bonds. The first kappa shape index (κ1) is 15.4. The van der Waals surface area contributed by atoms with Crippen LogP contribution in [0.5, 0.6) is 0 Å². The minimum Gasteiger partial charge on any atom is -0.459 e. The van der Waals surface area contributed by atoms with Gasteiger partial charge in [-0.1, -0.05) is 13.2 Å². The van der Waals surface area contributed by atoms with Crippen LogP contribution >= 0.6 is 0 Å². The third-order valence-electron chi connectivity index (χ3n) is 2.18. The van der Waals surface area contributed by atoms with Gasteiger partial charge in [-0.25, -0.2) is 9.59 Å². The molecule has 0 aliphatic rings. The van der Waals surface area contributed by atoms with Crippen molar-refractivity contribution in [1.82, 2.24) is 0 Å². The van der Waals surface area contributed by atoms with E-state index >= 15 is 0 Å². The van der Waals surface area contributed by atoms with Gasteiger partial charge in [0.05, 0.1) is 0 Å². The molecule has 0 aromatic heterocycles. The molecule has 0 bridgehead atoms. The van der Waals surface area contributed by atoms with Crippen molar-refractivity contribution in [2.45, 2.75) is 32.5 Å². The Kier molecular flexibility index (Phi) is 5.61. The second-order valence-electron chi connectivity index (χ2n) is 4.00. The Morgan fingerprint density at radius 3 is 2.47 bits per heavy atom. The van der Waals surface area contributed by atoms with Gasteiger partial charge >= 0.3 is 11.9 Å². The summed E-state index contributed by atoms with van der Waals surface area (Å²) in [5.41, 5.74) is -1.24. The minimum atomic E-state index is -1.47. The standard InChI is InChI=1S/C12H18O5/c1-6-10(13)16-7-12(5,15)9(4)17-11(14)8(2)3/h6,9,15H,1-2,7H2,3-5H3. The summed E-state index contributed by atoms with van der Waals surface area (Å²) in [5.74, 6) is -1.25. The Morgan fingerprint density at radius 2 is 2.06 bits per heavy atom. The van der Waals surface area contributed by atoms with E-state index in [1.807, 2.05) is 0 Å². The number of carbonyl (C=O) groups is 2. The first-order valence-corrected chi connectivity index (χ1v) is 5.08. The number of ether oxygens (including phenoxy) is 2. The highest BCUT2D eigenvalue weighted by Crippen LogP contribution is 2.15. The molecule has 5 heteroatoms. The zero-order chi connectivity index (χ0) is 13.6. The summed E-state index contributed by atoms with van der Waals surface area (Å²) in [5, 5.41) is 9.94. The maximum Gasteiger partial charge on any atom is 0.333 e. The first-order valence-electron chi connectivity index (χ1n) is 5.08. The van der Waals surface area contributed by atoms with Crippen molar-refractivity contribution in [3.63, 3.8) is 0 Å². The molecule has 0 aliphatic carbocycles. The largest absolute Gasteiger partial charge is 0.459 e. The number of rotatable bonds is 6. The van der Waals surface area contributed by atoms with Crippen molar-refractivity contribution in [1.29, 1.82) is 0 Å². The van der Waals surface area contributed by atoms with Gasteiger partial charge in [0.15, 0.2) is 0 Å². The second kappa shape index (κ2) is 6.20. The molecular formula is C12H18O5. The van der Waals surface area contributed by atoms with Crippen molar-refractivity contribution >= 4 is 11.9 Å². The molecule has 2 unspecified atom stereocenters. The molecule has 17 heavy (non-hydrogen) atoms. The average Bonchev–Trinajstić information content (AvgIpc) is 2.25. The number of aliphatic hydroxyl groups is 1. The summed E-state index contributed by atoms with van der Waals surface area (Å²) in [4.78, 5) is 22.1. The van der Waals surface area contributed by atoms with E-state index in [1.165, 1.54) is 20.8 Å². The molecule has 0 aromatic carbocycles. The van der Waals surface area contributed by atoms with Crippen LogP contribution in [0.25, 0.3) is 0 Å². The lowest BCUT2D eigenvalue weighted by Gasteiger charge is -2.29. The molecule has 0 aliphatic heterocycles. The fourth-order valence-corrected chi connectivity index (χ4v) is 0.782. The lowest BCUT2D eigenvalue weighted by atomic mass is 10.0. The molecular weight excluding hydrogens is 224 g/mol. The molecule has 0 radical (unpaired) electrons. The SMILES string of the molecule is C=CC(=O)OCC(C)(O)C(C)OC(=O)C(=C)C. The van der Waals surface area contributed by atoms with Crippen LogP contribution in [0.2, 0.25) is 0 Å².